The van der Waals surface area contributed by atoms with E-state index in [0.717, 1.165) is 11.8 Å². The lowest BCUT2D eigenvalue weighted by Gasteiger charge is -2.50. The molecule has 2 saturated heterocycles. The fourth-order valence-corrected chi connectivity index (χ4v) is 5.41. The van der Waals surface area contributed by atoms with Crippen molar-refractivity contribution in [3.05, 3.63) is 0 Å². The van der Waals surface area contributed by atoms with Gasteiger partial charge in [0.15, 0.2) is 5.96 Å². The number of piperidine rings is 1. The van der Waals surface area contributed by atoms with Crippen LogP contribution in [0.4, 0.5) is 0 Å². The first-order valence-corrected chi connectivity index (χ1v) is 9.08. The largest absolute Gasteiger partial charge is 0.370 e. The molecule has 6 heteroatoms. The molecule has 5 atom stereocenters. The van der Waals surface area contributed by atoms with Crippen molar-refractivity contribution in [2.75, 3.05) is 13.1 Å². The van der Waals surface area contributed by atoms with Crippen LogP contribution in [0.15, 0.2) is 0 Å². The molecule has 2 heterocycles. The van der Waals surface area contributed by atoms with E-state index in [1.54, 1.807) is 0 Å². The molecule has 2 spiro atoms. The number of ether oxygens (including phenoxy) is 1. The molecule has 6 nitrogen and oxygen atoms in total. The van der Waals surface area contributed by atoms with Crippen LogP contribution in [0, 0.1) is 29.1 Å². The van der Waals surface area contributed by atoms with E-state index in [2.05, 4.69) is 13.8 Å². The van der Waals surface area contributed by atoms with Crippen molar-refractivity contribution in [3.8, 4) is 0 Å². The van der Waals surface area contributed by atoms with Gasteiger partial charge >= 0.3 is 0 Å². The molecular weight excluding hydrogens is 294 g/mol. The molecule has 0 radical (unpaired) electrons. The van der Waals surface area contributed by atoms with E-state index in [1.807, 2.05) is 4.90 Å². The maximum atomic E-state index is 7.57. The quantitative estimate of drug-likeness (QED) is 0.406. The molecule has 4 fully saturated rings. The van der Waals surface area contributed by atoms with Crippen LogP contribution < -0.4 is 5.73 Å². The number of likely N-dealkylation sites (tertiary alicyclic amines) is 1. The summed E-state index contributed by atoms with van der Waals surface area (Å²) in [6.45, 7) is 5.97. The average Bonchev–Trinajstić information content (AvgIpc) is 2.86. The second kappa shape index (κ2) is 5.33. The van der Waals surface area contributed by atoms with Crippen LogP contribution in [0.5, 0.6) is 0 Å². The van der Waals surface area contributed by atoms with Crippen molar-refractivity contribution in [3.63, 3.8) is 0 Å². The van der Waals surface area contributed by atoms with Crippen LogP contribution in [0.2, 0.25) is 0 Å². The Balaban J connectivity index is 1.51. The summed E-state index contributed by atoms with van der Waals surface area (Å²) >= 11 is 0. The highest BCUT2D eigenvalue weighted by Crippen LogP contribution is 2.57. The Labute approximate surface area is 138 Å². The summed E-state index contributed by atoms with van der Waals surface area (Å²) in [5.41, 5.74) is 5.59. The van der Waals surface area contributed by atoms with E-state index in [-0.39, 0.29) is 5.96 Å². The highest BCUT2D eigenvalue weighted by Gasteiger charge is 2.62. The fourth-order valence-electron chi connectivity index (χ4n) is 5.41. The van der Waals surface area contributed by atoms with Crippen LogP contribution in [-0.2, 0) is 14.5 Å². The average molecular weight is 323 g/mol. The van der Waals surface area contributed by atoms with Gasteiger partial charge in [-0.1, -0.05) is 13.8 Å². The predicted octanol–water partition coefficient (Wildman–Crippen LogP) is 2.44. The second-order valence-corrected chi connectivity index (χ2v) is 8.29. The van der Waals surface area contributed by atoms with E-state index < -0.39 is 11.6 Å². The number of rotatable bonds is 0. The van der Waals surface area contributed by atoms with Crippen LogP contribution in [0.1, 0.15) is 52.4 Å². The third kappa shape index (κ3) is 2.46. The first-order valence-electron chi connectivity index (χ1n) is 9.08. The van der Waals surface area contributed by atoms with Crippen LogP contribution in [0.3, 0.4) is 0 Å². The van der Waals surface area contributed by atoms with Gasteiger partial charge in [0, 0.05) is 37.8 Å². The lowest BCUT2D eigenvalue weighted by molar-refractivity contribution is -0.380. The third-order valence-electron chi connectivity index (χ3n) is 6.52. The topological polar surface area (TPSA) is 80.8 Å². The summed E-state index contributed by atoms with van der Waals surface area (Å²) in [5, 5.41) is 7.57. The lowest BCUT2D eigenvalue weighted by Crippen LogP contribution is -2.55. The summed E-state index contributed by atoms with van der Waals surface area (Å²) in [6.07, 6.45) is 6.28. The van der Waals surface area contributed by atoms with Crippen molar-refractivity contribution in [2.45, 2.75) is 63.9 Å². The molecule has 4 aliphatic rings. The number of guanidine groups is 1. The van der Waals surface area contributed by atoms with Crippen molar-refractivity contribution < 1.29 is 14.5 Å². The Morgan fingerprint density at radius 2 is 1.83 bits per heavy atom. The van der Waals surface area contributed by atoms with Gasteiger partial charge in [0.1, 0.15) is 0 Å². The van der Waals surface area contributed by atoms with Gasteiger partial charge in [0.2, 0.25) is 11.6 Å². The lowest BCUT2D eigenvalue weighted by atomic mass is 9.62. The third-order valence-corrected chi connectivity index (χ3v) is 6.52. The van der Waals surface area contributed by atoms with Gasteiger partial charge < -0.3 is 15.4 Å². The Bertz CT molecular complexity index is 487. The van der Waals surface area contributed by atoms with E-state index in [9.17, 15) is 0 Å². The van der Waals surface area contributed by atoms with E-state index in [1.165, 1.54) is 25.7 Å². The molecule has 2 bridgehead atoms. The maximum Gasteiger partial charge on any atom is 0.210 e. The monoisotopic (exact) mass is 323 g/mol. The molecule has 0 aromatic rings. The summed E-state index contributed by atoms with van der Waals surface area (Å²) in [7, 11) is 0. The van der Waals surface area contributed by atoms with Crippen LogP contribution >= 0.6 is 0 Å². The number of hydrogen-bond acceptors (Lipinski definition) is 4. The molecule has 0 aromatic heterocycles. The zero-order valence-corrected chi connectivity index (χ0v) is 14.2. The normalized spacial score (nSPS) is 45.6. The molecule has 2 aliphatic heterocycles. The molecule has 5 unspecified atom stereocenters. The summed E-state index contributed by atoms with van der Waals surface area (Å²) in [5.74, 6) is 1.27. The Morgan fingerprint density at radius 1 is 1.09 bits per heavy atom. The number of nitrogens with one attached hydrogen (secondary N) is 1. The highest BCUT2D eigenvalue weighted by atomic mass is 17.3. The zero-order chi connectivity index (χ0) is 16.2. The van der Waals surface area contributed by atoms with Gasteiger partial charge in [0.05, 0.1) is 0 Å². The summed E-state index contributed by atoms with van der Waals surface area (Å²) in [6, 6.07) is 0. The Kier molecular flexibility index (Phi) is 3.63. The number of hydrogen-bond donors (Lipinski definition) is 2. The smallest absolute Gasteiger partial charge is 0.210 e. The minimum Gasteiger partial charge on any atom is -0.370 e. The van der Waals surface area contributed by atoms with E-state index in [4.69, 9.17) is 25.7 Å². The first-order chi connectivity index (χ1) is 10.9. The molecular formula is C17H29N3O3. The van der Waals surface area contributed by atoms with Crippen molar-refractivity contribution in [1.29, 1.82) is 5.41 Å². The predicted molar refractivity (Wildman–Crippen MR) is 85.2 cm³/mol. The van der Waals surface area contributed by atoms with E-state index in [0.29, 0.717) is 37.8 Å². The fraction of sp³-hybridized carbons (Fsp3) is 0.941. The second-order valence-electron chi connectivity index (χ2n) is 8.29. The van der Waals surface area contributed by atoms with E-state index >= 15 is 0 Å². The van der Waals surface area contributed by atoms with Gasteiger partial charge in [-0.3, -0.25) is 5.41 Å². The molecule has 0 amide bonds. The molecule has 23 heavy (non-hydrogen) atoms. The standard InChI is InChI=1S/C17H29N3O3/c1-11-7-13-9-12(2)17(14(8-11)10-13)21-16(22-23-17)3-5-20(6-4-16)15(18)19/h11-14H,3-10H2,1-2H3,(H3,18,19). The van der Waals surface area contributed by atoms with Crippen LogP contribution in [0.25, 0.3) is 0 Å². The summed E-state index contributed by atoms with van der Waals surface area (Å²) < 4.78 is 6.61. The number of fused-ring (bicyclic) bond motifs is 3. The van der Waals surface area contributed by atoms with Crippen molar-refractivity contribution in [1.82, 2.24) is 4.90 Å². The Morgan fingerprint density at radius 3 is 2.52 bits per heavy atom. The van der Waals surface area contributed by atoms with Gasteiger partial charge in [-0.2, -0.15) is 9.78 Å². The first kappa shape index (κ1) is 15.7. The van der Waals surface area contributed by atoms with Gasteiger partial charge in [-0.05, 0) is 37.5 Å². The van der Waals surface area contributed by atoms with Crippen molar-refractivity contribution >= 4 is 5.96 Å². The van der Waals surface area contributed by atoms with Gasteiger partial charge in [-0.15, -0.1) is 0 Å². The van der Waals surface area contributed by atoms with Crippen molar-refractivity contribution in [2.24, 2.45) is 29.4 Å². The molecule has 2 saturated carbocycles. The van der Waals surface area contributed by atoms with Gasteiger partial charge in [0.25, 0.3) is 0 Å². The zero-order valence-electron chi connectivity index (χ0n) is 14.2. The SMILES string of the molecule is CC1CC2CC(C)C3(OOC4(CCN(C(=N)N)CC4)O3)C(C1)C2. The molecule has 4 rings (SSSR count). The minimum atomic E-state index is -0.645. The maximum absolute atomic E-state index is 7.57. The van der Waals surface area contributed by atoms with Crippen LogP contribution in [-0.4, -0.2) is 35.5 Å². The highest BCUT2D eigenvalue weighted by molar-refractivity contribution is 5.74. The van der Waals surface area contributed by atoms with Gasteiger partial charge in [-0.25, -0.2) is 0 Å². The molecule has 2 aliphatic carbocycles. The minimum absolute atomic E-state index is 0.128. The Hall–Kier alpha value is -0.850. The number of nitrogens with two attached hydrogens (primary N) is 1. The molecule has 3 N–H and O–H groups in total. The molecule has 0 aromatic carbocycles. The summed E-state index contributed by atoms with van der Waals surface area (Å²) in [4.78, 5) is 13.7. The molecule has 130 valence electrons. The number of nitrogens with zero attached hydrogens (tertiary/aromatic N) is 1.